The van der Waals surface area contributed by atoms with Crippen LogP contribution >= 0.6 is 0 Å². The lowest BCUT2D eigenvalue weighted by atomic mass is 10.0. The Hall–Kier alpha value is -0.750. The maximum Gasteiger partial charge on any atom is 0.176 e. The van der Waals surface area contributed by atoms with E-state index in [2.05, 4.69) is 5.32 Å². The van der Waals surface area contributed by atoms with Crippen LogP contribution in [0.1, 0.15) is 19.3 Å². The smallest absolute Gasteiger partial charge is 0.176 e. The van der Waals surface area contributed by atoms with Gasteiger partial charge in [0.15, 0.2) is 6.19 Å². The SMILES string of the molecule is COCCC1(CNC#N)CC1. The van der Waals surface area contributed by atoms with Crippen molar-refractivity contribution in [2.24, 2.45) is 5.41 Å². The lowest BCUT2D eigenvalue weighted by molar-refractivity contribution is 0.172. The van der Waals surface area contributed by atoms with E-state index in [0.717, 1.165) is 19.6 Å². The molecule has 0 radical (unpaired) electrons. The number of ether oxygens (including phenoxy) is 1. The van der Waals surface area contributed by atoms with Crippen molar-refractivity contribution in [2.75, 3.05) is 20.3 Å². The maximum absolute atomic E-state index is 8.29. The van der Waals surface area contributed by atoms with E-state index in [1.54, 1.807) is 7.11 Å². The van der Waals surface area contributed by atoms with E-state index in [1.165, 1.54) is 12.8 Å². The summed E-state index contributed by atoms with van der Waals surface area (Å²) < 4.78 is 4.99. The molecule has 1 aliphatic rings. The molecule has 11 heavy (non-hydrogen) atoms. The molecule has 1 saturated carbocycles. The van der Waals surface area contributed by atoms with Crippen molar-refractivity contribution in [2.45, 2.75) is 19.3 Å². The Kier molecular flexibility index (Phi) is 2.72. The van der Waals surface area contributed by atoms with Crippen LogP contribution in [0.3, 0.4) is 0 Å². The van der Waals surface area contributed by atoms with Crippen LogP contribution in [0.4, 0.5) is 0 Å². The summed E-state index contributed by atoms with van der Waals surface area (Å²) in [5.41, 5.74) is 0.395. The summed E-state index contributed by atoms with van der Waals surface area (Å²) in [6, 6.07) is 0. The average molecular weight is 154 g/mol. The molecule has 0 aromatic heterocycles. The molecule has 1 rings (SSSR count). The third kappa shape index (κ3) is 2.39. The molecule has 3 heteroatoms. The van der Waals surface area contributed by atoms with Crippen molar-refractivity contribution in [3.8, 4) is 6.19 Å². The van der Waals surface area contributed by atoms with Gasteiger partial charge in [-0.15, -0.1) is 0 Å². The first kappa shape index (κ1) is 8.35. The molecule has 1 N–H and O–H groups in total. The lowest BCUT2D eigenvalue weighted by Gasteiger charge is -2.11. The topological polar surface area (TPSA) is 45.0 Å². The van der Waals surface area contributed by atoms with Crippen LogP contribution in [0, 0.1) is 16.9 Å². The monoisotopic (exact) mass is 154 g/mol. The molecule has 62 valence electrons. The molecule has 0 spiro atoms. The van der Waals surface area contributed by atoms with Gasteiger partial charge in [0.05, 0.1) is 0 Å². The number of nitrogens with one attached hydrogen (secondary N) is 1. The highest BCUT2D eigenvalue weighted by molar-refractivity contribution is 4.96. The van der Waals surface area contributed by atoms with Crippen molar-refractivity contribution in [1.29, 1.82) is 5.26 Å². The third-order valence-corrected chi connectivity index (χ3v) is 2.34. The summed E-state index contributed by atoms with van der Waals surface area (Å²) in [4.78, 5) is 0. The van der Waals surface area contributed by atoms with Gasteiger partial charge in [-0.05, 0) is 24.7 Å². The van der Waals surface area contributed by atoms with Gasteiger partial charge in [0.2, 0.25) is 0 Å². The third-order valence-electron chi connectivity index (χ3n) is 2.34. The average Bonchev–Trinajstić information content (AvgIpc) is 2.79. The molecular weight excluding hydrogens is 140 g/mol. The zero-order valence-corrected chi connectivity index (χ0v) is 6.89. The van der Waals surface area contributed by atoms with Gasteiger partial charge in [-0.25, -0.2) is 0 Å². The van der Waals surface area contributed by atoms with E-state index in [4.69, 9.17) is 10.00 Å². The van der Waals surface area contributed by atoms with Crippen LogP contribution in [-0.2, 0) is 4.74 Å². The molecular formula is C8H14N2O. The molecule has 0 unspecified atom stereocenters. The van der Waals surface area contributed by atoms with E-state index >= 15 is 0 Å². The van der Waals surface area contributed by atoms with E-state index < -0.39 is 0 Å². The van der Waals surface area contributed by atoms with Gasteiger partial charge < -0.3 is 10.1 Å². The normalized spacial score (nSPS) is 18.9. The summed E-state index contributed by atoms with van der Waals surface area (Å²) in [6.07, 6.45) is 5.51. The first-order chi connectivity index (χ1) is 5.33. The number of methoxy groups -OCH3 is 1. The Bertz CT molecular complexity index is 158. The Morgan fingerprint density at radius 2 is 2.36 bits per heavy atom. The Balaban J connectivity index is 2.14. The van der Waals surface area contributed by atoms with Crippen molar-refractivity contribution >= 4 is 0 Å². The van der Waals surface area contributed by atoms with E-state index in [-0.39, 0.29) is 0 Å². The molecule has 0 saturated heterocycles. The summed E-state index contributed by atoms with van der Waals surface area (Å²) >= 11 is 0. The summed E-state index contributed by atoms with van der Waals surface area (Å²) in [5.74, 6) is 0. The first-order valence-corrected chi connectivity index (χ1v) is 3.94. The standard InChI is InChI=1S/C8H14N2O/c1-11-5-4-8(2-3-8)6-10-7-9/h10H,2-6H2,1H3. The fourth-order valence-corrected chi connectivity index (χ4v) is 1.24. The molecule has 3 nitrogen and oxygen atoms in total. The molecule has 0 aromatic rings. The first-order valence-electron chi connectivity index (χ1n) is 3.94. The second kappa shape index (κ2) is 3.59. The minimum Gasteiger partial charge on any atom is -0.385 e. The van der Waals surface area contributed by atoms with Crippen molar-refractivity contribution in [3.63, 3.8) is 0 Å². The van der Waals surface area contributed by atoms with Gasteiger partial charge in [0, 0.05) is 20.3 Å². The number of nitrogens with zero attached hydrogens (tertiary/aromatic N) is 1. The predicted molar refractivity (Wildman–Crippen MR) is 41.8 cm³/mol. The van der Waals surface area contributed by atoms with Crippen molar-refractivity contribution < 1.29 is 4.74 Å². The Morgan fingerprint density at radius 3 is 2.82 bits per heavy atom. The van der Waals surface area contributed by atoms with Gasteiger partial charge in [0.1, 0.15) is 0 Å². The van der Waals surface area contributed by atoms with Crippen molar-refractivity contribution in [1.82, 2.24) is 5.32 Å². The number of hydrogen-bond donors (Lipinski definition) is 1. The molecule has 0 atom stereocenters. The molecule has 1 fully saturated rings. The van der Waals surface area contributed by atoms with Crippen LogP contribution < -0.4 is 5.32 Å². The van der Waals surface area contributed by atoms with Gasteiger partial charge in [-0.2, -0.15) is 5.26 Å². The van der Waals surface area contributed by atoms with Crippen LogP contribution in [0.25, 0.3) is 0 Å². The van der Waals surface area contributed by atoms with E-state index in [0.29, 0.717) is 5.41 Å². The lowest BCUT2D eigenvalue weighted by Crippen LogP contribution is -2.20. The van der Waals surface area contributed by atoms with Crippen LogP contribution in [-0.4, -0.2) is 20.3 Å². The quantitative estimate of drug-likeness (QED) is 0.472. The van der Waals surface area contributed by atoms with Gasteiger partial charge >= 0.3 is 0 Å². The summed E-state index contributed by atoms with van der Waals surface area (Å²) in [7, 11) is 1.72. The molecule has 0 heterocycles. The molecule has 0 aliphatic heterocycles. The predicted octanol–water partition coefficient (Wildman–Crippen LogP) is 0.874. The minimum absolute atomic E-state index is 0.395. The van der Waals surface area contributed by atoms with Crippen molar-refractivity contribution in [3.05, 3.63) is 0 Å². The fourth-order valence-electron chi connectivity index (χ4n) is 1.24. The highest BCUT2D eigenvalue weighted by Gasteiger charge is 2.41. The van der Waals surface area contributed by atoms with Gasteiger partial charge in [0.25, 0.3) is 0 Å². The van der Waals surface area contributed by atoms with Gasteiger partial charge in [-0.1, -0.05) is 0 Å². The Labute approximate surface area is 67.3 Å². The van der Waals surface area contributed by atoms with Crippen LogP contribution in [0.15, 0.2) is 0 Å². The number of hydrogen-bond acceptors (Lipinski definition) is 3. The van der Waals surface area contributed by atoms with Gasteiger partial charge in [-0.3, -0.25) is 0 Å². The number of rotatable bonds is 5. The van der Waals surface area contributed by atoms with Crippen LogP contribution in [0.2, 0.25) is 0 Å². The molecule has 0 bridgehead atoms. The largest absolute Gasteiger partial charge is 0.385 e. The van der Waals surface area contributed by atoms with E-state index in [9.17, 15) is 0 Å². The molecule has 0 amide bonds. The second-order valence-corrected chi connectivity index (χ2v) is 3.21. The maximum atomic E-state index is 8.29. The van der Waals surface area contributed by atoms with Crippen LogP contribution in [0.5, 0.6) is 0 Å². The summed E-state index contributed by atoms with van der Waals surface area (Å²) in [6.45, 7) is 1.64. The highest BCUT2D eigenvalue weighted by Crippen LogP contribution is 2.47. The Morgan fingerprint density at radius 1 is 1.64 bits per heavy atom. The zero-order chi connectivity index (χ0) is 8.16. The highest BCUT2D eigenvalue weighted by atomic mass is 16.5. The molecule has 1 aliphatic carbocycles. The second-order valence-electron chi connectivity index (χ2n) is 3.21. The number of nitriles is 1. The minimum atomic E-state index is 0.395. The van der Waals surface area contributed by atoms with E-state index in [1.807, 2.05) is 6.19 Å². The summed E-state index contributed by atoms with van der Waals surface area (Å²) in [5, 5.41) is 11.0. The zero-order valence-electron chi connectivity index (χ0n) is 6.89. The molecule has 0 aromatic carbocycles. The fraction of sp³-hybridized carbons (Fsp3) is 0.875.